The molecule has 8 heteroatoms. The normalized spacial score (nSPS) is 12.9. The van der Waals surface area contributed by atoms with Crippen molar-refractivity contribution < 1.29 is 14.3 Å². The van der Waals surface area contributed by atoms with Gasteiger partial charge in [-0.3, -0.25) is 4.79 Å². The minimum absolute atomic E-state index is 0.343. The smallest absolute Gasteiger partial charge is 0.332 e. The Labute approximate surface area is 175 Å². The van der Waals surface area contributed by atoms with E-state index in [0.717, 1.165) is 5.56 Å². The Bertz CT molecular complexity index is 956. The first kappa shape index (κ1) is 21.2. The number of carbonyl (C=O) groups is 2. The van der Waals surface area contributed by atoms with Crippen molar-refractivity contribution in [3.8, 4) is 0 Å². The number of anilines is 1. The minimum atomic E-state index is -0.975. The summed E-state index contributed by atoms with van der Waals surface area (Å²) in [4.78, 5) is 25.3. The molecule has 0 radical (unpaired) electrons. The van der Waals surface area contributed by atoms with E-state index in [1.165, 1.54) is 23.5 Å². The second-order valence-electron chi connectivity index (χ2n) is 7.34. The highest BCUT2D eigenvalue weighted by atomic mass is 16.5. The van der Waals surface area contributed by atoms with Gasteiger partial charge in [0.25, 0.3) is 5.91 Å². The average molecular weight is 407 g/mol. The highest BCUT2D eigenvalue weighted by Gasteiger charge is 2.28. The Kier molecular flexibility index (Phi) is 6.90. The summed E-state index contributed by atoms with van der Waals surface area (Å²) in [6.07, 6.45) is 0.725. The Hall–Kier alpha value is -3.55. The van der Waals surface area contributed by atoms with Gasteiger partial charge >= 0.3 is 5.97 Å². The van der Waals surface area contributed by atoms with Crippen LogP contribution in [0, 0.1) is 0 Å². The second kappa shape index (κ2) is 9.78. The standard InChI is InChI=1S/C22H25N5O3/c1-15(2)18-9-11-19(12-10-18)24-21(28)16(3)30-22(29)20(27-14-23-25-26-27)13-17-7-5-4-6-8-17/h4-12,14-16,20H,13H2,1-3H3,(H,24,28)/t16-,20-/m0/s1. The van der Waals surface area contributed by atoms with Gasteiger partial charge < -0.3 is 10.1 Å². The van der Waals surface area contributed by atoms with Crippen molar-refractivity contribution in [3.05, 3.63) is 72.1 Å². The van der Waals surface area contributed by atoms with Gasteiger partial charge in [0.2, 0.25) is 0 Å². The van der Waals surface area contributed by atoms with E-state index < -0.39 is 24.0 Å². The van der Waals surface area contributed by atoms with Crippen LogP contribution in [0.15, 0.2) is 60.9 Å². The number of amides is 1. The number of rotatable bonds is 8. The quantitative estimate of drug-likeness (QED) is 0.576. The summed E-state index contributed by atoms with van der Waals surface area (Å²) in [5.74, 6) is -0.581. The molecule has 0 bridgehead atoms. The molecule has 0 saturated carbocycles. The van der Waals surface area contributed by atoms with Crippen molar-refractivity contribution in [2.24, 2.45) is 0 Å². The van der Waals surface area contributed by atoms with Gasteiger partial charge in [-0.1, -0.05) is 56.3 Å². The molecular weight excluding hydrogens is 382 g/mol. The summed E-state index contributed by atoms with van der Waals surface area (Å²) in [6, 6.07) is 16.3. The van der Waals surface area contributed by atoms with E-state index in [1.54, 1.807) is 0 Å². The number of nitrogens with one attached hydrogen (secondary N) is 1. The van der Waals surface area contributed by atoms with Gasteiger partial charge in [-0.15, -0.1) is 5.10 Å². The maximum atomic E-state index is 12.8. The molecule has 0 aliphatic rings. The van der Waals surface area contributed by atoms with E-state index in [1.807, 2.05) is 54.6 Å². The number of benzene rings is 2. The maximum Gasteiger partial charge on any atom is 0.332 e. The number of nitrogens with zero attached hydrogens (tertiary/aromatic N) is 4. The predicted octanol–water partition coefficient (Wildman–Crippen LogP) is 3.15. The highest BCUT2D eigenvalue weighted by Crippen LogP contribution is 2.19. The number of hydrogen-bond acceptors (Lipinski definition) is 6. The molecule has 0 aliphatic heterocycles. The molecule has 0 fully saturated rings. The lowest BCUT2D eigenvalue weighted by atomic mass is 10.0. The zero-order chi connectivity index (χ0) is 21.5. The maximum absolute atomic E-state index is 12.8. The first-order valence-electron chi connectivity index (χ1n) is 9.81. The zero-order valence-corrected chi connectivity index (χ0v) is 17.2. The van der Waals surface area contributed by atoms with Gasteiger partial charge in [-0.2, -0.15) is 0 Å². The lowest BCUT2D eigenvalue weighted by Gasteiger charge is -2.19. The topological polar surface area (TPSA) is 99.0 Å². The Balaban J connectivity index is 1.64. The molecule has 1 aromatic heterocycles. The summed E-state index contributed by atoms with van der Waals surface area (Å²) < 4.78 is 6.78. The van der Waals surface area contributed by atoms with Crippen molar-refractivity contribution in [1.82, 2.24) is 20.2 Å². The summed E-state index contributed by atoms with van der Waals surface area (Å²) >= 11 is 0. The molecule has 1 amide bonds. The molecule has 1 heterocycles. The lowest BCUT2D eigenvalue weighted by Crippen LogP contribution is -2.34. The van der Waals surface area contributed by atoms with Crippen LogP contribution in [0.1, 0.15) is 43.9 Å². The third-order valence-electron chi connectivity index (χ3n) is 4.74. The van der Waals surface area contributed by atoms with E-state index in [9.17, 15) is 9.59 Å². The molecule has 2 atom stereocenters. The third-order valence-corrected chi connectivity index (χ3v) is 4.74. The fourth-order valence-electron chi connectivity index (χ4n) is 2.93. The SMILES string of the molecule is CC(C)c1ccc(NC(=O)[C@H](C)OC(=O)[C@H](Cc2ccccc2)n2cnnn2)cc1. The lowest BCUT2D eigenvalue weighted by molar-refractivity contribution is -0.156. The van der Waals surface area contributed by atoms with E-state index >= 15 is 0 Å². The fourth-order valence-corrected chi connectivity index (χ4v) is 2.93. The van der Waals surface area contributed by atoms with Gasteiger partial charge in [-0.25, -0.2) is 9.48 Å². The van der Waals surface area contributed by atoms with Crippen LogP contribution in [-0.2, 0) is 20.7 Å². The molecular formula is C22H25N5O3. The molecule has 8 nitrogen and oxygen atoms in total. The van der Waals surface area contributed by atoms with E-state index in [-0.39, 0.29) is 0 Å². The van der Waals surface area contributed by atoms with Crippen LogP contribution in [0.3, 0.4) is 0 Å². The van der Waals surface area contributed by atoms with Gasteiger partial charge in [-0.05, 0) is 46.5 Å². The largest absolute Gasteiger partial charge is 0.451 e. The number of ether oxygens (including phenoxy) is 1. The zero-order valence-electron chi connectivity index (χ0n) is 17.2. The number of tetrazole rings is 1. The van der Waals surface area contributed by atoms with E-state index in [2.05, 4.69) is 34.7 Å². The van der Waals surface area contributed by atoms with Crippen LogP contribution >= 0.6 is 0 Å². The van der Waals surface area contributed by atoms with Crippen LogP contribution in [-0.4, -0.2) is 38.2 Å². The van der Waals surface area contributed by atoms with Crippen LogP contribution in [0.2, 0.25) is 0 Å². The predicted molar refractivity (Wildman–Crippen MR) is 112 cm³/mol. The molecule has 3 aromatic rings. The molecule has 30 heavy (non-hydrogen) atoms. The van der Waals surface area contributed by atoms with Crippen LogP contribution in [0.5, 0.6) is 0 Å². The molecule has 156 valence electrons. The first-order valence-corrected chi connectivity index (χ1v) is 9.81. The molecule has 0 unspecified atom stereocenters. The highest BCUT2D eigenvalue weighted by molar-refractivity contribution is 5.95. The number of esters is 1. The monoisotopic (exact) mass is 407 g/mol. The number of carbonyl (C=O) groups excluding carboxylic acids is 2. The van der Waals surface area contributed by atoms with Crippen molar-refractivity contribution in [3.63, 3.8) is 0 Å². The fraction of sp³-hybridized carbons (Fsp3) is 0.318. The van der Waals surface area contributed by atoms with Gasteiger partial charge in [0.1, 0.15) is 6.33 Å². The van der Waals surface area contributed by atoms with Crippen molar-refractivity contribution in [1.29, 1.82) is 0 Å². The number of aromatic nitrogens is 4. The Morgan fingerprint density at radius 1 is 1.03 bits per heavy atom. The van der Waals surface area contributed by atoms with Crippen LogP contribution in [0.4, 0.5) is 5.69 Å². The van der Waals surface area contributed by atoms with Crippen LogP contribution < -0.4 is 5.32 Å². The number of hydrogen-bond donors (Lipinski definition) is 1. The average Bonchev–Trinajstić information content (AvgIpc) is 3.27. The molecule has 0 spiro atoms. The second-order valence-corrected chi connectivity index (χ2v) is 7.34. The van der Waals surface area contributed by atoms with Crippen molar-refractivity contribution in [2.45, 2.75) is 45.3 Å². The molecule has 1 N–H and O–H groups in total. The third kappa shape index (κ3) is 5.50. The molecule has 0 saturated heterocycles. The molecule has 2 aromatic carbocycles. The summed E-state index contributed by atoms with van der Waals surface area (Å²) in [7, 11) is 0. The molecule has 0 aliphatic carbocycles. The molecule has 3 rings (SSSR count). The first-order chi connectivity index (χ1) is 14.4. The van der Waals surface area contributed by atoms with E-state index in [0.29, 0.717) is 18.0 Å². The summed E-state index contributed by atoms with van der Waals surface area (Å²) in [6.45, 7) is 5.74. The Morgan fingerprint density at radius 2 is 1.73 bits per heavy atom. The van der Waals surface area contributed by atoms with Crippen molar-refractivity contribution >= 4 is 17.6 Å². The van der Waals surface area contributed by atoms with Crippen molar-refractivity contribution in [2.75, 3.05) is 5.32 Å². The van der Waals surface area contributed by atoms with Gasteiger partial charge in [0.05, 0.1) is 0 Å². The summed E-state index contributed by atoms with van der Waals surface area (Å²) in [5, 5.41) is 13.8. The van der Waals surface area contributed by atoms with Gasteiger partial charge in [0.15, 0.2) is 12.1 Å². The van der Waals surface area contributed by atoms with Gasteiger partial charge in [0, 0.05) is 12.1 Å². The summed E-state index contributed by atoms with van der Waals surface area (Å²) in [5.41, 5.74) is 2.75. The van der Waals surface area contributed by atoms with E-state index in [4.69, 9.17) is 4.74 Å². The minimum Gasteiger partial charge on any atom is -0.451 e. The Morgan fingerprint density at radius 3 is 2.33 bits per heavy atom. The van der Waals surface area contributed by atoms with Crippen LogP contribution in [0.25, 0.3) is 0 Å².